The minimum Gasteiger partial charge on any atom is -0.356 e. The summed E-state index contributed by atoms with van der Waals surface area (Å²) in [5.41, 5.74) is 1.33. The summed E-state index contributed by atoms with van der Waals surface area (Å²) in [6, 6.07) is 10.5. The molecule has 22 heavy (non-hydrogen) atoms. The normalized spacial score (nSPS) is 10.9. The van der Waals surface area contributed by atoms with E-state index < -0.39 is 0 Å². The van der Waals surface area contributed by atoms with Crippen molar-refractivity contribution in [2.75, 3.05) is 20.1 Å². The molecule has 1 aromatic carbocycles. The van der Waals surface area contributed by atoms with E-state index in [1.54, 1.807) is 0 Å². The van der Waals surface area contributed by atoms with E-state index in [4.69, 9.17) is 0 Å². The first-order valence-electron chi connectivity index (χ1n) is 8.71. The quantitative estimate of drug-likeness (QED) is 0.592. The molecular formula is C19H32N2O. The molecule has 0 unspecified atom stereocenters. The van der Waals surface area contributed by atoms with Crippen molar-refractivity contribution in [3.8, 4) is 0 Å². The standard InChI is InChI=1S/C19H32N2O/c1-3-4-5-6-10-14-19(22)20-15-11-16-21(2)17-18-12-8-7-9-13-18/h7-9,12-13H,3-6,10-11,14-17H2,1-2H3,(H,20,22). The predicted molar refractivity (Wildman–Crippen MR) is 93.8 cm³/mol. The fraction of sp³-hybridized carbons (Fsp3) is 0.632. The van der Waals surface area contributed by atoms with Gasteiger partial charge in [0.2, 0.25) is 5.91 Å². The van der Waals surface area contributed by atoms with Crippen LogP contribution >= 0.6 is 0 Å². The Hall–Kier alpha value is -1.35. The SMILES string of the molecule is CCCCCCCC(=O)NCCCN(C)Cc1ccccc1. The first-order valence-corrected chi connectivity index (χ1v) is 8.71. The second-order valence-corrected chi connectivity index (χ2v) is 6.09. The lowest BCUT2D eigenvalue weighted by Crippen LogP contribution is -2.27. The van der Waals surface area contributed by atoms with Crippen LogP contribution in [-0.4, -0.2) is 30.9 Å². The number of unbranched alkanes of at least 4 members (excludes halogenated alkanes) is 4. The van der Waals surface area contributed by atoms with Crippen molar-refractivity contribution in [3.63, 3.8) is 0 Å². The number of nitrogens with one attached hydrogen (secondary N) is 1. The number of carbonyl (C=O) groups excluding carboxylic acids is 1. The lowest BCUT2D eigenvalue weighted by atomic mass is 10.1. The lowest BCUT2D eigenvalue weighted by Gasteiger charge is -2.16. The van der Waals surface area contributed by atoms with E-state index in [2.05, 4.69) is 48.5 Å². The molecular weight excluding hydrogens is 272 g/mol. The smallest absolute Gasteiger partial charge is 0.219 e. The zero-order valence-electron chi connectivity index (χ0n) is 14.3. The van der Waals surface area contributed by atoms with E-state index in [-0.39, 0.29) is 5.91 Å². The van der Waals surface area contributed by atoms with Crippen molar-refractivity contribution in [1.29, 1.82) is 0 Å². The van der Waals surface area contributed by atoms with Crippen LogP contribution in [0.2, 0.25) is 0 Å². The van der Waals surface area contributed by atoms with E-state index in [1.807, 2.05) is 6.07 Å². The molecule has 0 saturated heterocycles. The molecule has 0 radical (unpaired) electrons. The molecule has 124 valence electrons. The fourth-order valence-corrected chi connectivity index (χ4v) is 2.53. The van der Waals surface area contributed by atoms with Crippen LogP contribution in [0, 0.1) is 0 Å². The lowest BCUT2D eigenvalue weighted by molar-refractivity contribution is -0.121. The summed E-state index contributed by atoms with van der Waals surface area (Å²) in [7, 11) is 2.13. The molecule has 0 spiro atoms. The molecule has 1 rings (SSSR count). The Kier molecular flexibility index (Phi) is 10.4. The highest BCUT2D eigenvalue weighted by atomic mass is 16.1. The van der Waals surface area contributed by atoms with Gasteiger partial charge in [-0.2, -0.15) is 0 Å². The molecule has 0 aliphatic carbocycles. The van der Waals surface area contributed by atoms with Crippen molar-refractivity contribution < 1.29 is 4.79 Å². The highest BCUT2D eigenvalue weighted by Crippen LogP contribution is 2.05. The molecule has 3 nitrogen and oxygen atoms in total. The second-order valence-electron chi connectivity index (χ2n) is 6.09. The van der Waals surface area contributed by atoms with E-state index in [0.717, 1.165) is 32.5 Å². The van der Waals surface area contributed by atoms with Crippen LogP contribution in [0.25, 0.3) is 0 Å². The minimum absolute atomic E-state index is 0.210. The van der Waals surface area contributed by atoms with Crippen molar-refractivity contribution in [3.05, 3.63) is 35.9 Å². The zero-order chi connectivity index (χ0) is 16.0. The molecule has 0 fully saturated rings. The van der Waals surface area contributed by atoms with Crippen molar-refractivity contribution in [2.45, 2.75) is 58.4 Å². The van der Waals surface area contributed by atoms with E-state index >= 15 is 0 Å². The van der Waals surface area contributed by atoms with Crippen molar-refractivity contribution >= 4 is 5.91 Å². The van der Waals surface area contributed by atoms with Gasteiger partial charge in [0, 0.05) is 19.5 Å². The number of rotatable bonds is 12. The number of nitrogens with zero attached hydrogens (tertiary/aromatic N) is 1. The van der Waals surface area contributed by atoms with Gasteiger partial charge in [-0.3, -0.25) is 4.79 Å². The van der Waals surface area contributed by atoms with Crippen LogP contribution in [0.1, 0.15) is 57.4 Å². The van der Waals surface area contributed by atoms with Gasteiger partial charge in [-0.05, 0) is 32.0 Å². The molecule has 0 aliphatic heterocycles. The van der Waals surface area contributed by atoms with E-state index in [0.29, 0.717) is 6.42 Å². The summed E-state index contributed by atoms with van der Waals surface area (Å²) in [5.74, 6) is 0.210. The fourth-order valence-electron chi connectivity index (χ4n) is 2.53. The van der Waals surface area contributed by atoms with Crippen molar-refractivity contribution in [1.82, 2.24) is 10.2 Å². The average Bonchev–Trinajstić information content (AvgIpc) is 2.52. The third-order valence-electron chi connectivity index (χ3n) is 3.84. The van der Waals surface area contributed by atoms with E-state index in [9.17, 15) is 4.79 Å². The Morgan fingerprint density at radius 2 is 1.77 bits per heavy atom. The summed E-state index contributed by atoms with van der Waals surface area (Å²) >= 11 is 0. The summed E-state index contributed by atoms with van der Waals surface area (Å²) in [5, 5.41) is 3.03. The number of hydrogen-bond donors (Lipinski definition) is 1. The maximum absolute atomic E-state index is 11.7. The summed E-state index contributed by atoms with van der Waals surface area (Å²) < 4.78 is 0. The average molecular weight is 304 g/mol. The molecule has 0 heterocycles. The van der Waals surface area contributed by atoms with Gasteiger partial charge in [0.1, 0.15) is 0 Å². The van der Waals surface area contributed by atoms with Crippen LogP contribution in [0.5, 0.6) is 0 Å². The van der Waals surface area contributed by atoms with Crippen LogP contribution in [0.15, 0.2) is 30.3 Å². The van der Waals surface area contributed by atoms with Crippen LogP contribution < -0.4 is 5.32 Å². The molecule has 0 bridgehead atoms. The first-order chi connectivity index (χ1) is 10.7. The Balaban J connectivity index is 1.98. The van der Waals surface area contributed by atoms with Gasteiger partial charge in [0.05, 0.1) is 0 Å². The molecule has 0 aromatic heterocycles. The zero-order valence-corrected chi connectivity index (χ0v) is 14.3. The van der Waals surface area contributed by atoms with E-state index in [1.165, 1.54) is 31.2 Å². The van der Waals surface area contributed by atoms with Crippen LogP contribution in [0.4, 0.5) is 0 Å². The molecule has 1 N–H and O–H groups in total. The Morgan fingerprint density at radius 1 is 1.05 bits per heavy atom. The van der Waals surface area contributed by atoms with Crippen LogP contribution in [-0.2, 0) is 11.3 Å². The summed E-state index contributed by atoms with van der Waals surface area (Å²) in [4.78, 5) is 14.0. The monoisotopic (exact) mass is 304 g/mol. The minimum atomic E-state index is 0.210. The molecule has 0 saturated carbocycles. The molecule has 3 heteroatoms. The second kappa shape index (κ2) is 12.2. The molecule has 1 aromatic rings. The number of benzene rings is 1. The maximum atomic E-state index is 11.7. The Morgan fingerprint density at radius 3 is 2.50 bits per heavy atom. The highest BCUT2D eigenvalue weighted by Gasteiger charge is 2.02. The van der Waals surface area contributed by atoms with Crippen molar-refractivity contribution in [2.24, 2.45) is 0 Å². The van der Waals surface area contributed by atoms with Gasteiger partial charge in [0.15, 0.2) is 0 Å². The van der Waals surface area contributed by atoms with Gasteiger partial charge in [-0.15, -0.1) is 0 Å². The number of carbonyl (C=O) groups is 1. The summed E-state index contributed by atoms with van der Waals surface area (Å²) in [6.45, 7) is 4.96. The topological polar surface area (TPSA) is 32.3 Å². The predicted octanol–water partition coefficient (Wildman–Crippen LogP) is 3.99. The first kappa shape index (κ1) is 18.7. The molecule has 1 amide bonds. The molecule has 0 atom stereocenters. The molecule has 0 aliphatic rings. The largest absolute Gasteiger partial charge is 0.356 e. The Labute approximate surface area is 136 Å². The van der Waals surface area contributed by atoms with Gasteiger partial charge in [-0.1, -0.05) is 62.9 Å². The number of amides is 1. The number of hydrogen-bond acceptors (Lipinski definition) is 2. The van der Waals surface area contributed by atoms with Gasteiger partial charge in [-0.25, -0.2) is 0 Å². The highest BCUT2D eigenvalue weighted by molar-refractivity contribution is 5.75. The Bertz CT molecular complexity index is 392. The van der Waals surface area contributed by atoms with Gasteiger partial charge < -0.3 is 10.2 Å². The third-order valence-corrected chi connectivity index (χ3v) is 3.84. The van der Waals surface area contributed by atoms with Crippen LogP contribution in [0.3, 0.4) is 0 Å². The maximum Gasteiger partial charge on any atom is 0.219 e. The van der Waals surface area contributed by atoms with Gasteiger partial charge in [0.25, 0.3) is 0 Å². The third kappa shape index (κ3) is 9.56. The van der Waals surface area contributed by atoms with Gasteiger partial charge >= 0.3 is 0 Å². The summed E-state index contributed by atoms with van der Waals surface area (Å²) in [6.07, 6.45) is 7.70.